The van der Waals surface area contributed by atoms with Gasteiger partial charge in [0.05, 0.1) is 17.6 Å². The highest BCUT2D eigenvalue weighted by atomic mass is 32.2. The number of imide groups is 1. The van der Waals surface area contributed by atoms with Crippen LogP contribution in [0.3, 0.4) is 0 Å². The quantitative estimate of drug-likeness (QED) is 0.329. The number of thioether (sulfide) groups is 1. The van der Waals surface area contributed by atoms with Crippen LogP contribution in [0.25, 0.3) is 6.08 Å². The molecule has 10 heteroatoms. The summed E-state index contributed by atoms with van der Waals surface area (Å²) < 4.78 is 16.5. The molecule has 1 heterocycles. The predicted molar refractivity (Wildman–Crippen MR) is 141 cm³/mol. The standard InChI is InChI=1S/C27H30N2O7S/c1-5-18(4)36-25(31)15-29-26(32)23(37-27(29)33)14-19-9-12-21(22(13-19)34-6-2)35-16-24(30)28-20-10-7-17(3)8-11-20/h7-14,18H,5-6,15-16H2,1-4H3,(H,28,30)/b23-14-/t18-/m0/s1. The highest BCUT2D eigenvalue weighted by Gasteiger charge is 2.36. The van der Waals surface area contributed by atoms with Gasteiger partial charge in [-0.05, 0) is 74.9 Å². The first-order valence-corrected chi connectivity index (χ1v) is 12.7. The van der Waals surface area contributed by atoms with Crippen LogP contribution < -0.4 is 14.8 Å². The zero-order chi connectivity index (χ0) is 26.9. The Morgan fingerprint density at radius 2 is 1.78 bits per heavy atom. The summed E-state index contributed by atoms with van der Waals surface area (Å²) in [4.78, 5) is 50.5. The lowest BCUT2D eigenvalue weighted by molar-refractivity contribution is -0.150. The molecular weight excluding hydrogens is 496 g/mol. The molecule has 2 aromatic rings. The fraction of sp³-hybridized carbons (Fsp3) is 0.333. The minimum atomic E-state index is -0.635. The number of nitrogens with one attached hydrogen (secondary N) is 1. The first kappa shape index (κ1) is 27.8. The molecule has 0 saturated carbocycles. The third kappa shape index (κ3) is 7.85. The summed E-state index contributed by atoms with van der Waals surface area (Å²) in [5.74, 6) is -0.780. The molecule has 0 radical (unpaired) electrons. The van der Waals surface area contributed by atoms with E-state index in [9.17, 15) is 19.2 Å². The lowest BCUT2D eigenvalue weighted by Gasteiger charge is -2.15. The van der Waals surface area contributed by atoms with E-state index in [0.717, 1.165) is 22.2 Å². The molecule has 2 aromatic carbocycles. The van der Waals surface area contributed by atoms with Gasteiger partial charge in [0.25, 0.3) is 17.1 Å². The summed E-state index contributed by atoms with van der Waals surface area (Å²) in [6, 6.07) is 12.4. The maximum atomic E-state index is 12.7. The van der Waals surface area contributed by atoms with Crippen LogP contribution in [-0.2, 0) is 19.1 Å². The fourth-order valence-electron chi connectivity index (χ4n) is 3.24. The van der Waals surface area contributed by atoms with Crippen molar-refractivity contribution in [3.05, 3.63) is 58.5 Å². The number of anilines is 1. The van der Waals surface area contributed by atoms with Gasteiger partial charge in [0, 0.05) is 5.69 Å². The van der Waals surface area contributed by atoms with Crippen molar-refractivity contribution < 1.29 is 33.4 Å². The van der Waals surface area contributed by atoms with Crippen LogP contribution in [-0.4, -0.2) is 53.8 Å². The Labute approximate surface area is 220 Å². The predicted octanol–water partition coefficient (Wildman–Crippen LogP) is 4.79. The van der Waals surface area contributed by atoms with E-state index in [0.29, 0.717) is 35.8 Å². The maximum Gasteiger partial charge on any atom is 0.326 e. The SMILES string of the molecule is CCOc1cc(/C=C2\SC(=O)N(CC(=O)O[C@@H](C)CC)C2=O)ccc1OCC(=O)Nc1ccc(C)cc1. The fourth-order valence-corrected chi connectivity index (χ4v) is 4.08. The first-order valence-electron chi connectivity index (χ1n) is 11.9. The topological polar surface area (TPSA) is 111 Å². The van der Waals surface area contributed by atoms with Gasteiger partial charge in [0.15, 0.2) is 18.1 Å². The average Bonchev–Trinajstić information content (AvgIpc) is 3.12. The van der Waals surface area contributed by atoms with E-state index >= 15 is 0 Å². The van der Waals surface area contributed by atoms with Crippen molar-refractivity contribution in [1.82, 2.24) is 4.90 Å². The Kier molecular flexibility index (Phi) is 9.73. The van der Waals surface area contributed by atoms with E-state index in [1.807, 2.05) is 45.0 Å². The summed E-state index contributed by atoms with van der Waals surface area (Å²) in [5.41, 5.74) is 2.35. The number of esters is 1. The van der Waals surface area contributed by atoms with Crippen LogP contribution in [0.1, 0.15) is 38.3 Å². The van der Waals surface area contributed by atoms with Gasteiger partial charge >= 0.3 is 5.97 Å². The summed E-state index contributed by atoms with van der Waals surface area (Å²) in [6.07, 6.45) is 1.88. The van der Waals surface area contributed by atoms with E-state index in [4.69, 9.17) is 14.2 Å². The number of carbonyl (C=O) groups excluding carboxylic acids is 4. The van der Waals surface area contributed by atoms with Crippen LogP contribution in [0.15, 0.2) is 47.4 Å². The Morgan fingerprint density at radius 1 is 1.05 bits per heavy atom. The zero-order valence-electron chi connectivity index (χ0n) is 21.2. The molecule has 0 bridgehead atoms. The van der Waals surface area contributed by atoms with Crippen LogP contribution in [0.2, 0.25) is 0 Å². The van der Waals surface area contributed by atoms with E-state index in [2.05, 4.69) is 5.32 Å². The second-order valence-corrected chi connectivity index (χ2v) is 9.31. The lowest BCUT2D eigenvalue weighted by atomic mass is 10.2. The number of hydrogen-bond donors (Lipinski definition) is 1. The summed E-state index contributed by atoms with van der Waals surface area (Å²) in [6.45, 7) is 7.07. The monoisotopic (exact) mass is 526 g/mol. The molecule has 3 rings (SSSR count). The van der Waals surface area contributed by atoms with Crippen LogP contribution in [0, 0.1) is 6.92 Å². The summed E-state index contributed by atoms with van der Waals surface area (Å²) >= 11 is 0.748. The van der Waals surface area contributed by atoms with Gasteiger partial charge in [-0.1, -0.05) is 30.7 Å². The van der Waals surface area contributed by atoms with Gasteiger partial charge in [-0.25, -0.2) is 0 Å². The minimum absolute atomic E-state index is 0.176. The lowest BCUT2D eigenvalue weighted by Crippen LogP contribution is -2.35. The molecule has 9 nitrogen and oxygen atoms in total. The summed E-state index contributed by atoms with van der Waals surface area (Å²) in [7, 11) is 0. The molecule has 37 heavy (non-hydrogen) atoms. The molecular formula is C27H30N2O7S. The van der Waals surface area contributed by atoms with E-state index in [1.54, 1.807) is 31.2 Å². The largest absolute Gasteiger partial charge is 0.490 e. The highest BCUT2D eigenvalue weighted by molar-refractivity contribution is 8.18. The van der Waals surface area contributed by atoms with Gasteiger partial charge in [0.2, 0.25) is 0 Å². The third-order valence-electron chi connectivity index (χ3n) is 5.33. The van der Waals surface area contributed by atoms with Crippen molar-refractivity contribution in [3.63, 3.8) is 0 Å². The molecule has 0 unspecified atom stereocenters. The molecule has 0 spiro atoms. The summed E-state index contributed by atoms with van der Waals surface area (Å²) in [5, 5.41) is 2.23. The number of hydrogen-bond acceptors (Lipinski definition) is 8. The molecule has 3 amide bonds. The molecule has 1 saturated heterocycles. The average molecular weight is 527 g/mol. The van der Waals surface area contributed by atoms with Crippen LogP contribution in [0.5, 0.6) is 11.5 Å². The van der Waals surface area contributed by atoms with Crippen molar-refractivity contribution in [1.29, 1.82) is 0 Å². The Bertz CT molecular complexity index is 1190. The number of benzene rings is 2. The molecule has 196 valence electrons. The van der Waals surface area contributed by atoms with Crippen molar-refractivity contribution in [3.8, 4) is 11.5 Å². The second kappa shape index (κ2) is 13.0. The van der Waals surface area contributed by atoms with Crippen molar-refractivity contribution >= 4 is 46.5 Å². The Morgan fingerprint density at radius 3 is 2.46 bits per heavy atom. The number of carbonyl (C=O) groups is 4. The highest BCUT2D eigenvalue weighted by Crippen LogP contribution is 2.34. The number of rotatable bonds is 11. The van der Waals surface area contributed by atoms with Crippen LogP contribution in [0.4, 0.5) is 10.5 Å². The van der Waals surface area contributed by atoms with E-state index < -0.39 is 23.7 Å². The Hall–Kier alpha value is -3.79. The maximum absolute atomic E-state index is 12.7. The molecule has 0 aromatic heterocycles. The van der Waals surface area contributed by atoms with Gasteiger partial charge in [0.1, 0.15) is 6.54 Å². The number of nitrogens with zero attached hydrogens (tertiary/aromatic N) is 1. The molecule has 1 N–H and O–H groups in total. The molecule has 1 aliphatic rings. The van der Waals surface area contributed by atoms with Crippen molar-refractivity contribution in [2.75, 3.05) is 25.1 Å². The molecule has 1 fully saturated rings. The number of ether oxygens (including phenoxy) is 3. The Balaban J connectivity index is 1.67. The normalized spacial score (nSPS) is 15.0. The van der Waals surface area contributed by atoms with Gasteiger partial charge < -0.3 is 19.5 Å². The van der Waals surface area contributed by atoms with Gasteiger partial charge in [-0.15, -0.1) is 0 Å². The zero-order valence-corrected chi connectivity index (χ0v) is 22.1. The molecule has 0 aliphatic carbocycles. The van der Waals surface area contributed by atoms with E-state index in [-0.39, 0.29) is 23.5 Å². The first-order chi connectivity index (χ1) is 17.7. The van der Waals surface area contributed by atoms with Crippen LogP contribution >= 0.6 is 11.8 Å². The second-order valence-electron chi connectivity index (χ2n) is 8.32. The molecule has 1 atom stereocenters. The van der Waals surface area contributed by atoms with E-state index in [1.165, 1.54) is 0 Å². The van der Waals surface area contributed by atoms with Crippen molar-refractivity contribution in [2.45, 2.75) is 40.2 Å². The van der Waals surface area contributed by atoms with Gasteiger partial charge in [-0.3, -0.25) is 24.1 Å². The number of amides is 3. The van der Waals surface area contributed by atoms with Gasteiger partial charge in [-0.2, -0.15) is 0 Å². The number of aryl methyl sites for hydroxylation is 1. The smallest absolute Gasteiger partial charge is 0.326 e. The van der Waals surface area contributed by atoms with Crippen molar-refractivity contribution in [2.24, 2.45) is 0 Å². The third-order valence-corrected chi connectivity index (χ3v) is 6.24. The minimum Gasteiger partial charge on any atom is -0.490 e. The molecule has 1 aliphatic heterocycles.